The quantitative estimate of drug-likeness (QED) is 0.360. The highest BCUT2D eigenvalue weighted by Crippen LogP contribution is 2.25. The topological polar surface area (TPSA) is 89.1 Å². The summed E-state index contributed by atoms with van der Waals surface area (Å²) in [6.07, 6.45) is 1.99. The molecule has 0 radical (unpaired) electrons. The third kappa shape index (κ3) is 7.70. The number of likely N-dealkylation sites (N-methyl/N-ethyl adjacent to an activating group) is 1. The molecule has 10 nitrogen and oxygen atoms in total. The number of carbonyl (C=O) groups excluding carboxylic acids is 1. The number of morpholine rings is 1. The summed E-state index contributed by atoms with van der Waals surface area (Å²) >= 11 is 1.54. The Bertz CT molecular complexity index is 977. The van der Waals surface area contributed by atoms with Gasteiger partial charge in [-0.3, -0.25) is 9.69 Å². The number of hydrogen-bond acceptors (Lipinski definition) is 10. The number of thioether (sulfide) groups is 1. The first-order valence-electron chi connectivity index (χ1n) is 12.5. The molecule has 0 saturated carbocycles. The van der Waals surface area contributed by atoms with Gasteiger partial charge in [0.15, 0.2) is 5.16 Å². The van der Waals surface area contributed by atoms with Crippen molar-refractivity contribution in [2.75, 3.05) is 108 Å². The molecule has 2 N–H and O–H groups in total. The summed E-state index contributed by atoms with van der Waals surface area (Å²) in [6, 6.07) is 10.5. The van der Waals surface area contributed by atoms with Crippen LogP contribution in [-0.2, 0) is 9.53 Å². The van der Waals surface area contributed by atoms with Gasteiger partial charge in [0.2, 0.25) is 5.91 Å². The molecule has 196 valence electrons. The maximum atomic E-state index is 12.2. The van der Waals surface area contributed by atoms with Gasteiger partial charge in [-0.2, -0.15) is 0 Å². The molecule has 11 heteroatoms. The SMILES string of the molecule is CSc1nc(Nc2ccc(N3CCOCC3)cc2)cc(N2CCN(CC(=O)NCCN(C)C)CC2)n1. The molecule has 36 heavy (non-hydrogen) atoms. The normalized spacial score (nSPS) is 16.9. The van der Waals surface area contributed by atoms with E-state index in [0.717, 1.165) is 81.5 Å². The lowest BCUT2D eigenvalue weighted by Gasteiger charge is -2.35. The molecule has 2 fully saturated rings. The van der Waals surface area contributed by atoms with Gasteiger partial charge < -0.3 is 30.1 Å². The second kappa shape index (κ2) is 13.1. The van der Waals surface area contributed by atoms with Crippen LogP contribution in [0.1, 0.15) is 0 Å². The van der Waals surface area contributed by atoms with Crippen LogP contribution >= 0.6 is 11.8 Å². The van der Waals surface area contributed by atoms with E-state index in [1.165, 1.54) is 17.4 Å². The second-order valence-electron chi connectivity index (χ2n) is 9.29. The highest BCUT2D eigenvalue weighted by Gasteiger charge is 2.21. The van der Waals surface area contributed by atoms with E-state index in [9.17, 15) is 4.79 Å². The van der Waals surface area contributed by atoms with E-state index in [1.807, 2.05) is 26.4 Å². The van der Waals surface area contributed by atoms with Crippen molar-refractivity contribution in [1.82, 2.24) is 25.1 Å². The molecule has 0 bridgehead atoms. The van der Waals surface area contributed by atoms with Crippen molar-refractivity contribution in [2.45, 2.75) is 5.16 Å². The molecule has 2 aliphatic rings. The van der Waals surface area contributed by atoms with Crippen LogP contribution in [0.5, 0.6) is 0 Å². The summed E-state index contributed by atoms with van der Waals surface area (Å²) in [5, 5.41) is 7.18. The number of aromatic nitrogens is 2. The van der Waals surface area contributed by atoms with Gasteiger partial charge in [-0.15, -0.1) is 0 Å². The molecular formula is C25H38N8O2S. The van der Waals surface area contributed by atoms with Gasteiger partial charge in [0.1, 0.15) is 11.6 Å². The standard InChI is InChI=1S/C25H38N8O2S/c1-30(2)9-8-26-24(34)19-31-10-12-33(13-11-31)23-18-22(28-25(29-23)36-3)27-20-4-6-21(7-5-20)32-14-16-35-17-15-32/h4-7,18H,8-17,19H2,1-3H3,(H,26,34)(H,27,28,29). The monoisotopic (exact) mass is 514 g/mol. The first kappa shape index (κ1) is 26.5. The summed E-state index contributed by atoms with van der Waals surface area (Å²) in [6.45, 7) is 8.66. The molecule has 0 spiro atoms. The number of hydrogen-bond donors (Lipinski definition) is 2. The average Bonchev–Trinajstić information content (AvgIpc) is 2.89. The zero-order chi connectivity index (χ0) is 25.3. The van der Waals surface area contributed by atoms with E-state index in [-0.39, 0.29) is 5.91 Å². The van der Waals surface area contributed by atoms with Crippen molar-refractivity contribution in [1.29, 1.82) is 0 Å². The Morgan fingerprint density at radius 3 is 2.42 bits per heavy atom. The Hall–Kier alpha value is -2.60. The fourth-order valence-corrected chi connectivity index (χ4v) is 4.64. The van der Waals surface area contributed by atoms with Crippen LogP contribution < -0.4 is 20.4 Å². The van der Waals surface area contributed by atoms with Crippen LogP contribution in [0.25, 0.3) is 0 Å². The Kier molecular flexibility index (Phi) is 9.62. The van der Waals surface area contributed by atoms with E-state index in [1.54, 1.807) is 0 Å². The highest BCUT2D eigenvalue weighted by atomic mass is 32.2. The molecule has 1 aromatic heterocycles. The number of carbonyl (C=O) groups is 1. The Labute approximate surface area is 218 Å². The summed E-state index contributed by atoms with van der Waals surface area (Å²) in [7, 11) is 4.01. The average molecular weight is 515 g/mol. The number of rotatable bonds is 10. The molecule has 2 aliphatic heterocycles. The van der Waals surface area contributed by atoms with Gasteiger partial charge in [-0.25, -0.2) is 9.97 Å². The lowest BCUT2D eigenvalue weighted by atomic mass is 10.2. The van der Waals surface area contributed by atoms with Gasteiger partial charge in [0, 0.05) is 69.8 Å². The van der Waals surface area contributed by atoms with E-state index in [2.05, 4.69) is 59.5 Å². The van der Waals surface area contributed by atoms with Crippen molar-refractivity contribution in [3.05, 3.63) is 30.3 Å². The minimum absolute atomic E-state index is 0.0862. The zero-order valence-electron chi connectivity index (χ0n) is 21.6. The molecule has 3 heterocycles. The molecule has 2 aromatic rings. The van der Waals surface area contributed by atoms with Gasteiger partial charge in [0.25, 0.3) is 0 Å². The second-order valence-corrected chi connectivity index (χ2v) is 10.1. The minimum Gasteiger partial charge on any atom is -0.378 e. The van der Waals surface area contributed by atoms with Crippen LogP contribution in [-0.4, -0.2) is 118 Å². The Morgan fingerprint density at radius 2 is 1.75 bits per heavy atom. The molecule has 1 amide bonds. The molecular weight excluding hydrogens is 476 g/mol. The van der Waals surface area contributed by atoms with Gasteiger partial charge in [-0.05, 0) is 44.6 Å². The predicted molar refractivity (Wildman–Crippen MR) is 147 cm³/mol. The summed E-state index contributed by atoms with van der Waals surface area (Å²) in [5.41, 5.74) is 2.20. The van der Waals surface area contributed by atoms with Crippen molar-refractivity contribution in [3.63, 3.8) is 0 Å². The highest BCUT2D eigenvalue weighted by molar-refractivity contribution is 7.98. The number of nitrogens with zero attached hydrogens (tertiary/aromatic N) is 6. The van der Waals surface area contributed by atoms with Crippen LogP contribution in [0, 0.1) is 0 Å². The molecule has 1 aromatic carbocycles. The van der Waals surface area contributed by atoms with Crippen molar-refractivity contribution in [3.8, 4) is 0 Å². The molecule has 2 saturated heterocycles. The lowest BCUT2D eigenvalue weighted by molar-refractivity contribution is -0.122. The molecule has 0 atom stereocenters. The minimum atomic E-state index is 0.0862. The zero-order valence-corrected chi connectivity index (χ0v) is 22.4. The molecule has 0 unspecified atom stereocenters. The first-order valence-corrected chi connectivity index (χ1v) is 13.7. The van der Waals surface area contributed by atoms with E-state index >= 15 is 0 Å². The summed E-state index contributed by atoms with van der Waals surface area (Å²) < 4.78 is 5.45. The first-order chi connectivity index (χ1) is 17.5. The van der Waals surface area contributed by atoms with Gasteiger partial charge >= 0.3 is 0 Å². The number of benzene rings is 1. The number of nitrogens with one attached hydrogen (secondary N) is 2. The van der Waals surface area contributed by atoms with Crippen molar-refractivity contribution >= 4 is 40.7 Å². The third-order valence-electron chi connectivity index (χ3n) is 6.34. The molecule has 4 rings (SSSR count). The van der Waals surface area contributed by atoms with E-state index in [4.69, 9.17) is 9.72 Å². The number of ether oxygens (including phenoxy) is 1. The fraction of sp³-hybridized carbons (Fsp3) is 0.560. The number of amides is 1. The van der Waals surface area contributed by atoms with Crippen LogP contribution in [0.3, 0.4) is 0 Å². The van der Waals surface area contributed by atoms with Gasteiger partial charge in [0.05, 0.1) is 19.8 Å². The van der Waals surface area contributed by atoms with Crippen molar-refractivity contribution in [2.24, 2.45) is 0 Å². The number of piperazine rings is 1. The Morgan fingerprint density at radius 1 is 1.03 bits per heavy atom. The van der Waals surface area contributed by atoms with E-state index in [0.29, 0.717) is 13.1 Å². The lowest BCUT2D eigenvalue weighted by Crippen LogP contribution is -2.50. The molecule has 0 aliphatic carbocycles. The largest absolute Gasteiger partial charge is 0.378 e. The summed E-state index contributed by atoms with van der Waals surface area (Å²) in [4.78, 5) is 30.5. The van der Waals surface area contributed by atoms with E-state index < -0.39 is 0 Å². The van der Waals surface area contributed by atoms with Crippen LogP contribution in [0.15, 0.2) is 35.5 Å². The fourth-order valence-electron chi connectivity index (χ4n) is 4.27. The predicted octanol–water partition coefficient (Wildman–Crippen LogP) is 1.58. The van der Waals surface area contributed by atoms with Crippen LogP contribution in [0.2, 0.25) is 0 Å². The summed E-state index contributed by atoms with van der Waals surface area (Å²) in [5.74, 6) is 1.78. The van der Waals surface area contributed by atoms with Crippen LogP contribution in [0.4, 0.5) is 23.0 Å². The smallest absolute Gasteiger partial charge is 0.234 e. The van der Waals surface area contributed by atoms with Gasteiger partial charge in [-0.1, -0.05) is 11.8 Å². The maximum Gasteiger partial charge on any atom is 0.234 e. The maximum absolute atomic E-state index is 12.2. The third-order valence-corrected chi connectivity index (χ3v) is 6.88. The Balaban J connectivity index is 1.32. The number of anilines is 4. The van der Waals surface area contributed by atoms with Crippen molar-refractivity contribution < 1.29 is 9.53 Å².